The summed E-state index contributed by atoms with van der Waals surface area (Å²) < 4.78 is 10.8. The van der Waals surface area contributed by atoms with Gasteiger partial charge in [0.25, 0.3) is 0 Å². The van der Waals surface area contributed by atoms with Crippen LogP contribution in [0.4, 0.5) is 5.69 Å². The molecule has 1 saturated heterocycles. The van der Waals surface area contributed by atoms with Crippen molar-refractivity contribution in [2.75, 3.05) is 37.9 Å². The summed E-state index contributed by atoms with van der Waals surface area (Å²) in [7, 11) is 0. The van der Waals surface area contributed by atoms with Gasteiger partial charge in [-0.25, -0.2) is 0 Å². The number of hydrogen-bond donors (Lipinski definition) is 1. The zero-order valence-corrected chi connectivity index (χ0v) is 13.5. The number of rotatable bonds is 3. The number of β-amino-alcohol motifs (C(OH)–C–C–N with tert-alkyl or cyclic N) is 1. The normalized spacial score (nSPS) is 20.9. The van der Waals surface area contributed by atoms with Crippen LogP contribution in [0, 0.1) is 0 Å². The Hall–Kier alpha value is -2.31. The van der Waals surface area contributed by atoms with Crippen LogP contribution in [0.25, 0.3) is 0 Å². The summed E-state index contributed by atoms with van der Waals surface area (Å²) in [6.45, 7) is 4.16. The summed E-state index contributed by atoms with van der Waals surface area (Å²) in [5.74, 6) is 1.61. The standard InChI is InChI=1S/C18H21N3O3/c22-16-11-20(7-8-21(12-16)15-3-5-19-6-4-15)10-14-1-2-17-18(9-14)24-13-23-17/h1-6,9,16,22H,7-8,10-13H2. The van der Waals surface area contributed by atoms with E-state index in [9.17, 15) is 5.11 Å². The Morgan fingerprint density at radius 2 is 1.88 bits per heavy atom. The first-order valence-electron chi connectivity index (χ1n) is 8.22. The molecule has 3 heterocycles. The second kappa shape index (κ2) is 6.67. The average Bonchev–Trinajstić information content (AvgIpc) is 2.98. The van der Waals surface area contributed by atoms with E-state index in [-0.39, 0.29) is 6.10 Å². The molecule has 6 heteroatoms. The van der Waals surface area contributed by atoms with E-state index >= 15 is 0 Å². The molecule has 24 heavy (non-hydrogen) atoms. The van der Waals surface area contributed by atoms with Crippen molar-refractivity contribution in [3.8, 4) is 11.5 Å². The van der Waals surface area contributed by atoms with E-state index in [1.165, 1.54) is 5.56 Å². The van der Waals surface area contributed by atoms with Crippen LogP contribution in [0.15, 0.2) is 42.7 Å². The summed E-state index contributed by atoms with van der Waals surface area (Å²) in [5, 5.41) is 10.4. The molecule has 1 N–H and O–H groups in total. The molecule has 0 amide bonds. The molecule has 0 saturated carbocycles. The van der Waals surface area contributed by atoms with Crippen LogP contribution in [-0.2, 0) is 6.54 Å². The van der Waals surface area contributed by atoms with E-state index < -0.39 is 0 Å². The number of hydrogen-bond acceptors (Lipinski definition) is 6. The predicted molar refractivity (Wildman–Crippen MR) is 90.3 cm³/mol. The fourth-order valence-corrected chi connectivity index (χ4v) is 3.29. The Bertz CT molecular complexity index is 695. The van der Waals surface area contributed by atoms with Crippen LogP contribution < -0.4 is 14.4 Å². The number of benzene rings is 1. The summed E-state index contributed by atoms with van der Waals surface area (Å²) in [4.78, 5) is 8.56. The molecule has 1 fully saturated rings. The van der Waals surface area contributed by atoms with Crippen LogP contribution >= 0.6 is 0 Å². The molecule has 2 aliphatic rings. The highest BCUT2D eigenvalue weighted by molar-refractivity contribution is 5.45. The van der Waals surface area contributed by atoms with Gasteiger partial charge in [-0.3, -0.25) is 9.88 Å². The van der Waals surface area contributed by atoms with E-state index in [1.807, 2.05) is 24.3 Å². The number of aromatic nitrogens is 1. The highest BCUT2D eigenvalue weighted by atomic mass is 16.7. The lowest BCUT2D eigenvalue weighted by atomic mass is 10.2. The average molecular weight is 327 g/mol. The first-order valence-corrected chi connectivity index (χ1v) is 8.22. The molecular formula is C18H21N3O3. The molecular weight excluding hydrogens is 306 g/mol. The van der Waals surface area contributed by atoms with Gasteiger partial charge in [0.15, 0.2) is 11.5 Å². The molecule has 0 bridgehead atoms. The Kier molecular flexibility index (Phi) is 4.23. The van der Waals surface area contributed by atoms with Crippen LogP contribution in [-0.4, -0.2) is 54.1 Å². The second-order valence-electron chi connectivity index (χ2n) is 6.23. The first-order chi connectivity index (χ1) is 11.8. The minimum Gasteiger partial charge on any atom is -0.454 e. The van der Waals surface area contributed by atoms with Gasteiger partial charge >= 0.3 is 0 Å². The maximum Gasteiger partial charge on any atom is 0.231 e. The fraction of sp³-hybridized carbons (Fsp3) is 0.389. The SMILES string of the molecule is OC1CN(Cc2ccc3c(c2)OCO3)CCN(c2ccncc2)C1. The molecule has 1 aromatic heterocycles. The number of anilines is 1. The summed E-state index contributed by atoms with van der Waals surface area (Å²) >= 11 is 0. The molecule has 0 aliphatic carbocycles. The maximum atomic E-state index is 10.4. The van der Waals surface area contributed by atoms with E-state index in [2.05, 4.69) is 20.9 Å². The quantitative estimate of drug-likeness (QED) is 0.922. The Morgan fingerprint density at radius 3 is 2.75 bits per heavy atom. The third-order valence-corrected chi connectivity index (χ3v) is 4.46. The predicted octanol–water partition coefficient (Wildman–Crippen LogP) is 1.49. The molecule has 1 atom stereocenters. The van der Waals surface area contributed by atoms with E-state index in [4.69, 9.17) is 9.47 Å². The van der Waals surface area contributed by atoms with Crippen molar-refractivity contribution in [2.45, 2.75) is 12.6 Å². The van der Waals surface area contributed by atoms with Gasteiger partial charge in [0.2, 0.25) is 6.79 Å². The van der Waals surface area contributed by atoms with E-state index in [0.717, 1.165) is 36.8 Å². The second-order valence-corrected chi connectivity index (χ2v) is 6.23. The largest absolute Gasteiger partial charge is 0.454 e. The lowest BCUT2D eigenvalue weighted by Crippen LogP contribution is -2.33. The van der Waals surface area contributed by atoms with Crippen molar-refractivity contribution in [3.05, 3.63) is 48.3 Å². The minimum absolute atomic E-state index is 0.294. The molecule has 2 aromatic rings. The Labute approximate surface area is 141 Å². The third kappa shape index (κ3) is 3.29. The molecule has 0 spiro atoms. The van der Waals surface area contributed by atoms with Crippen molar-refractivity contribution in [2.24, 2.45) is 0 Å². The van der Waals surface area contributed by atoms with Gasteiger partial charge in [0, 0.05) is 50.8 Å². The molecule has 2 aliphatic heterocycles. The van der Waals surface area contributed by atoms with E-state index in [1.54, 1.807) is 12.4 Å². The fourth-order valence-electron chi connectivity index (χ4n) is 3.29. The molecule has 6 nitrogen and oxygen atoms in total. The van der Waals surface area contributed by atoms with Gasteiger partial charge in [-0.1, -0.05) is 6.07 Å². The number of aliphatic hydroxyl groups excluding tert-OH is 1. The molecule has 0 radical (unpaired) electrons. The van der Waals surface area contributed by atoms with Crippen LogP contribution in [0.2, 0.25) is 0 Å². The lowest BCUT2D eigenvalue weighted by Gasteiger charge is -2.23. The molecule has 1 aromatic carbocycles. The Morgan fingerprint density at radius 1 is 1.04 bits per heavy atom. The molecule has 1 unspecified atom stereocenters. The lowest BCUT2D eigenvalue weighted by molar-refractivity contribution is 0.129. The number of nitrogens with zero attached hydrogens (tertiary/aromatic N) is 3. The van der Waals surface area contributed by atoms with Crippen LogP contribution in [0.5, 0.6) is 11.5 Å². The van der Waals surface area contributed by atoms with Crippen molar-refractivity contribution in [1.82, 2.24) is 9.88 Å². The number of fused-ring (bicyclic) bond motifs is 1. The van der Waals surface area contributed by atoms with Gasteiger partial charge in [0.05, 0.1) is 6.10 Å². The molecule has 4 rings (SSSR count). The number of ether oxygens (including phenoxy) is 2. The van der Waals surface area contributed by atoms with Gasteiger partial charge < -0.3 is 19.5 Å². The third-order valence-electron chi connectivity index (χ3n) is 4.46. The smallest absolute Gasteiger partial charge is 0.231 e. The van der Waals surface area contributed by atoms with Crippen LogP contribution in [0.1, 0.15) is 5.56 Å². The summed E-state index contributed by atoms with van der Waals surface area (Å²) in [5.41, 5.74) is 2.28. The van der Waals surface area contributed by atoms with Crippen molar-refractivity contribution >= 4 is 5.69 Å². The zero-order valence-electron chi connectivity index (χ0n) is 13.5. The van der Waals surface area contributed by atoms with Crippen LogP contribution in [0.3, 0.4) is 0 Å². The summed E-state index contributed by atoms with van der Waals surface area (Å²) in [6, 6.07) is 10.0. The number of pyridine rings is 1. The highest BCUT2D eigenvalue weighted by Crippen LogP contribution is 2.32. The highest BCUT2D eigenvalue weighted by Gasteiger charge is 2.22. The van der Waals surface area contributed by atoms with Crippen molar-refractivity contribution < 1.29 is 14.6 Å². The maximum absolute atomic E-state index is 10.4. The van der Waals surface area contributed by atoms with Crippen molar-refractivity contribution in [3.63, 3.8) is 0 Å². The van der Waals surface area contributed by atoms with Gasteiger partial charge in [-0.15, -0.1) is 0 Å². The Balaban J connectivity index is 1.43. The van der Waals surface area contributed by atoms with Gasteiger partial charge in [0.1, 0.15) is 0 Å². The zero-order chi connectivity index (χ0) is 16.4. The van der Waals surface area contributed by atoms with Crippen molar-refractivity contribution in [1.29, 1.82) is 0 Å². The summed E-state index contributed by atoms with van der Waals surface area (Å²) in [6.07, 6.45) is 3.20. The number of aliphatic hydroxyl groups is 1. The molecule has 126 valence electrons. The topological polar surface area (TPSA) is 58.1 Å². The van der Waals surface area contributed by atoms with E-state index in [0.29, 0.717) is 19.9 Å². The minimum atomic E-state index is -0.380. The van der Waals surface area contributed by atoms with Gasteiger partial charge in [-0.05, 0) is 29.8 Å². The van der Waals surface area contributed by atoms with Gasteiger partial charge in [-0.2, -0.15) is 0 Å². The monoisotopic (exact) mass is 327 g/mol. The first kappa shape index (κ1) is 15.2.